The Hall–Kier alpha value is -5.46. The second-order valence-electron chi connectivity index (χ2n) is 10.5. The van der Waals surface area contributed by atoms with Gasteiger partial charge < -0.3 is 14.7 Å². The van der Waals surface area contributed by atoms with E-state index in [1.807, 2.05) is 84.9 Å². The van der Waals surface area contributed by atoms with Crippen molar-refractivity contribution in [2.75, 3.05) is 0 Å². The third-order valence-electron chi connectivity index (χ3n) is 7.73. The van der Waals surface area contributed by atoms with Gasteiger partial charge in [-0.3, -0.25) is 0 Å². The zero-order valence-corrected chi connectivity index (χ0v) is 25.0. The molecule has 0 saturated carbocycles. The van der Waals surface area contributed by atoms with Crippen molar-refractivity contribution in [1.82, 2.24) is 19.9 Å². The highest BCUT2D eigenvalue weighted by molar-refractivity contribution is 9.10. The second kappa shape index (κ2) is 11.0. The zero-order valence-electron chi connectivity index (χ0n) is 23.5. The molecule has 2 N–H and O–H groups in total. The Morgan fingerprint density at radius 2 is 0.909 bits per heavy atom. The van der Waals surface area contributed by atoms with Crippen molar-refractivity contribution in [1.29, 1.82) is 0 Å². The van der Waals surface area contributed by atoms with Gasteiger partial charge in [0.05, 0.1) is 32.6 Å². The van der Waals surface area contributed by atoms with Crippen molar-refractivity contribution in [2.24, 2.45) is 0 Å². The van der Waals surface area contributed by atoms with E-state index in [1.54, 1.807) is 0 Å². The number of para-hydroxylation sites is 1. The molecule has 5 nitrogen and oxygen atoms in total. The molecule has 3 aromatic carbocycles. The molecule has 44 heavy (non-hydrogen) atoms. The van der Waals surface area contributed by atoms with Gasteiger partial charge in [-0.25, -0.2) is 9.97 Å². The van der Waals surface area contributed by atoms with E-state index in [-0.39, 0.29) is 0 Å². The number of nitrogens with zero attached hydrogens (tertiary/aromatic N) is 2. The molecule has 5 heterocycles. The number of rotatable bonds is 4. The molecule has 0 aliphatic carbocycles. The van der Waals surface area contributed by atoms with Gasteiger partial charge in [0.2, 0.25) is 0 Å². The SMILES string of the molecule is Brc1c2nc(c(-c3ccccc3)c3ccc([nH]3)c(Oc3ccccc3)c3nc(c(-c4ccccc4)c4ccc1[nH]4)C=C3)C=C2. The van der Waals surface area contributed by atoms with Crippen LogP contribution in [0, 0.1) is 0 Å². The predicted molar refractivity (Wildman–Crippen MR) is 184 cm³/mol. The smallest absolute Gasteiger partial charge is 0.176 e. The minimum absolute atomic E-state index is 0.639. The van der Waals surface area contributed by atoms with Crippen molar-refractivity contribution in [3.05, 3.63) is 143 Å². The lowest BCUT2D eigenvalue weighted by Crippen LogP contribution is -1.90. The van der Waals surface area contributed by atoms with E-state index in [9.17, 15) is 0 Å². The molecule has 8 bridgehead atoms. The first-order valence-corrected chi connectivity index (χ1v) is 15.2. The van der Waals surface area contributed by atoms with E-state index < -0.39 is 0 Å². The normalized spacial score (nSPS) is 12.0. The van der Waals surface area contributed by atoms with Gasteiger partial charge in [-0.15, -0.1) is 0 Å². The molecular weight excluding hydrogens is 608 g/mol. The average molecular weight is 634 g/mol. The predicted octanol–water partition coefficient (Wildman–Crippen LogP) is 10.5. The summed E-state index contributed by atoms with van der Waals surface area (Å²) in [7, 11) is 0. The molecule has 2 aliphatic heterocycles. The molecule has 0 amide bonds. The summed E-state index contributed by atoms with van der Waals surface area (Å²) in [6.45, 7) is 0. The van der Waals surface area contributed by atoms with Crippen LogP contribution >= 0.6 is 15.9 Å². The van der Waals surface area contributed by atoms with Gasteiger partial charge in [0.25, 0.3) is 0 Å². The summed E-state index contributed by atoms with van der Waals surface area (Å²) >= 11 is 3.85. The summed E-state index contributed by atoms with van der Waals surface area (Å²) in [6.07, 6.45) is 8.19. The molecule has 0 spiro atoms. The maximum atomic E-state index is 6.58. The molecule has 6 heteroatoms. The number of fused-ring (bicyclic) bond motifs is 8. The molecule has 2 aliphatic rings. The minimum atomic E-state index is 0.639. The standard InChI is InChI=1S/C38H25BrN4O/c39-37-31-20-16-27(40-31)35(24-10-4-1-5-11-24)29-18-22-33(42-29)38(44-26-14-8-3-9-15-26)34-23-19-30(43-34)36(25-12-6-2-7-13-25)28-17-21-32(37)41-28/h1-23,40,43H. The van der Waals surface area contributed by atoms with E-state index in [0.717, 1.165) is 77.3 Å². The Bertz CT molecular complexity index is 2210. The monoisotopic (exact) mass is 632 g/mol. The Morgan fingerprint density at radius 3 is 1.52 bits per heavy atom. The number of H-pyrrole nitrogens is 2. The molecule has 0 radical (unpaired) electrons. The highest BCUT2D eigenvalue weighted by atomic mass is 79.9. The van der Waals surface area contributed by atoms with Crippen LogP contribution in [-0.2, 0) is 0 Å². The van der Waals surface area contributed by atoms with Crippen LogP contribution in [0.1, 0.15) is 22.8 Å². The zero-order chi connectivity index (χ0) is 29.5. The number of aromatic amines is 2. The highest BCUT2D eigenvalue weighted by Crippen LogP contribution is 2.37. The molecular formula is C38H25BrN4O. The second-order valence-corrected chi connectivity index (χ2v) is 11.3. The Kier molecular flexibility index (Phi) is 6.54. The Balaban J connectivity index is 1.52. The fraction of sp³-hybridized carbons (Fsp3) is 0. The number of ether oxygens (including phenoxy) is 1. The lowest BCUT2D eigenvalue weighted by molar-refractivity contribution is 0.484. The van der Waals surface area contributed by atoms with E-state index in [2.05, 4.69) is 80.5 Å². The number of hydrogen-bond donors (Lipinski definition) is 2. The first kappa shape index (κ1) is 26.2. The average Bonchev–Trinajstić information content (AvgIpc) is 3.90. The van der Waals surface area contributed by atoms with Gasteiger partial charge in [-0.2, -0.15) is 0 Å². The Morgan fingerprint density at radius 1 is 0.455 bits per heavy atom. The molecule has 0 unspecified atom stereocenters. The minimum Gasteiger partial charge on any atom is -0.453 e. The van der Waals surface area contributed by atoms with E-state index in [0.29, 0.717) is 5.75 Å². The summed E-state index contributed by atoms with van der Waals surface area (Å²) < 4.78 is 7.47. The topological polar surface area (TPSA) is 66.6 Å². The van der Waals surface area contributed by atoms with Crippen LogP contribution in [0.5, 0.6) is 11.5 Å². The molecule has 210 valence electrons. The summed E-state index contributed by atoms with van der Waals surface area (Å²) in [4.78, 5) is 17.6. The van der Waals surface area contributed by atoms with Crippen LogP contribution in [0.2, 0.25) is 0 Å². The summed E-state index contributed by atoms with van der Waals surface area (Å²) in [5.41, 5.74) is 11.0. The molecule has 8 rings (SSSR count). The summed E-state index contributed by atoms with van der Waals surface area (Å²) in [6, 6.07) is 38.8. The number of aromatic nitrogens is 4. The van der Waals surface area contributed by atoms with Crippen LogP contribution in [0.15, 0.2) is 120 Å². The van der Waals surface area contributed by atoms with Gasteiger partial charge in [0.1, 0.15) is 11.4 Å². The molecule has 0 saturated heterocycles. The number of hydrogen-bond acceptors (Lipinski definition) is 3. The first-order valence-electron chi connectivity index (χ1n) is 14.4. The van der Waals surface area contributed by atoms with E-state index in [1.165, 1.54) is 0 Å². The van der Waals surface area contributed by atoms with Gasteiger partial charge in [0, 0.05) is 22.2 Å². The lowest BCUT2D eigenvalue weighted by Gasteiger charge is -2.07. The largest absolute Gasteiger partial charge is 0.453 e. The fourth-order valence-electron chi connectivity index (χ4n) is 5.68. The van der Waals surface area contributed by atoms with Crippen LogP contribution in [-0.4, -0.2) is 19.9 Å². The molecule has 6 aromatic rings. The van der Waals surface area contributed by atoms with Crippen molar-refractivity contribution in [3.8, 4) is 33.8 Å². The third-order valence-corrected chi connectivity index (χ3v) is 8.56. The van der Waals surface area contributed by atoms with Crippen molar-refractivity contribution < 1.29 is 4.74 Å². The molecule has 0 fully saturated rings. The van der Waals surface area contributed by atoms with Gasteiger partial charge >= 0.3 is 0 Å². The number of nitrogens with one attached hydrogen (secondary N) is 2. The van der Waals surface area contributed by atoms with Crippen molar-refractivity contribution >= 4 is 62.3 Å². The van der Waals surface area contributed by atoms with Crippen LogP contribution in [0.25, 0.3) is 68.6 Å². The maximum Gasteiger partial charge on any atom is 0.176 e. The van der Waals surface area contributed by atoms with Gasteiger partial charge in [-0.05, 0) is 87.8 Å². The summed E-state index contributed by atoms with van der Waals surface area (Å²) in [5.74, 6) is 1.37. The lowest BCUT2D eigenvalue weighted by atomic mass is 10.0. The van der Waals surface area contributed by atoms with Crippen LogP contribution in [0.3, 0.4) is 0 Å². The quantitative estimate of drug-likeness (QED) is 0.203. The third kappa shape index (κ3) is 4.75. The van der Waals surface area contributed by atoms with E-state index in [4.69, 9.17) is 14.7 Å². The van der Waals surface area contributed by atoms with Crippen LogP contribution in [0.4, 0.5) is 0 Å². The Labute approximate surface area is 262 Å². The molecule has 3 aromatic heterocycles. The maximum absolute atomic E-state index is 6.58. The molecule has 0 atom stereocenters. The van der Waals surface area contributed by atoms with Gasteiger partial charge in [-0.1, -0.05) is 78.9 Å². The van der Waals surface area contributed by atoms with Crippen LogP contribution < -0.4 is 4.74 Å². The van der Waals surface area contributed by atoms with E-state index >= 15 is 0 Å². The fourth-order valence-corrected chi connectivity index (χ4v) is 6.13. The van der Waals surface area contributed by atoms with Crippen molar-refractivity contribution in [3.63, 3.8) is 0 Å². The number of benzene rings is 3. The highest BCUT2D eigenvalue weighted by Gasteiger charge is 2.17. The van der Waals surface area contributed by atoms with Crippen molar-refractivity contribution in [2.45, 2.75) is 0 Å². The first-order chi connectivity index (χ1) is 21.7. The van der Waals surface area contributed by atoms with Gasteiger partial charge in [0.15, 0.2) is 5.75 Å². The summed E-state index contributed by atoms with van der Waals surface area (Å²) in [5, 5.41) is 0. The number of halogens is 1.